The van der Waals surface area contributed by atoms with Crippen LogP contribution in [0.25, 0.3) is 0 Å². The summed E-state index contributed by atoms with van der Waals surface area (Å²) in [6.45, 7) is 0. The van der Waals surface area contributed by atoms with Crippen LogP contribution in [-0.4, -0.2) is 22.1 Å². The Morgan fingerprint density at radius 2 is 2.00 bits per heavy atom. The number of hydrogen-bond acceptors (Lipinski definition) is 4. The zero-order valence-corrected chi connectivity index (χ0v) is 12.8. The van der Waals surface area contributed by atoms with Gasteiger partial charge < -0.3 is 4.98 Å². The lowest BCUT2D eigenvalue weighted by Crippen LogP contribution is -2.22. The van der Waals surface area contributed by atoms with Gasteiger partial charge in [0.15, 0.2) is 4.77 Å². The number of hydrazone groups is 1. The molecular weight excluding hydrogens is 345 g/mol. The minimum Gasteiger partial charge on any atom is -0.335 e. The van der Waals surface area contributed by atoms with Crippen LogP contribution >= 0.6 is 12.2 Å². The molecule has 0 saturated carbocycles. The number of nitrogens with one attached hydrogen (secondary N) is 3. The number of benzene rings is 1. The Kier molecular flexibility index (Phi) is 5.29. The van der Waals surface area contributed by atoms with Gasteiger partial charge in [0.25, 0.3) is 5.56 Å². The Balaban J connectivity index is 2.06. The SMILES string of the molecule is O=C(Cc1cc(=O)[nH]c(=S)[nH]1)N/N=C\c1ccccc1C(F)(F)F. The third-order valence-electron chi connectivity index (χ3n) is 2.83. The third kappa shape index (κ3) is 4.88. The summed E-state index contributed by atoms with van der Waals surface area (Å²) in [5.41, 5.74) is 0.843. The van der Waals surface area contributed by atoms with Gasteiger partial charge in [-0.2, -0.15) is 18.3 Å². The van der Waals surface area contributed by atoms with E-state index in [4.69, 9.17) is 12.2 Å². The molecule has 1 heterocycles. The summed E-state index contributed by atoms with van der Waals surface area (Å²) < 4.78 is 38.5. The minimum atomic E-state index is -4.52. The number of halogens is 3. The van der Waals surface area contributed by atoms with Crippen molar-refractivity contribution >= 4 is 24.3 Å². The summed E-state index contributed by atoms with van der Waals surface area (Å²) in [7, 11) is 0. The molecule has 1 aromatic carbocycles. The number of aromatic amines is 2. The molecule has 126 valence electrons. The van der Waals surface area contributed by atoms with Gasteiger partial charge in [0.2, 0.25) is 5.91 Å². The molecule has 0 bridgehead atoms. The number of hydrogen-bond donors (Lipinski definition) is 3. The van der Waals surface area contributed by atoms with Crippen molar-refractivity contribution in [3.63, 3.8) is 0 Å². The Bertz CT molecular complexity index is 858. The summed E-state index contributed by atoms with van der Waals surface area (Å²) in [5, 5.41) is 3.51. The summed E-state index contributed by atoms with van der Waals surface area (Å²) in [6.07, 6.45) is -3.85. The van der Waals surface area contributed by atoms with E-state index < -0.39 is 23.2 Å². The molecular formula is C14H11F3N4O2S. The first-order chi connectivity index (χ1) is 11.3. The first kappa shape index (κ1) is 17.6. The van der Waals surface area contributed by atoms with Crippen molar-refractivity contribution in [2.45, 2.75) is 12.6 Å². The maximum absolute atomic E-state index is 12.8. The van der Waals surface area contributed by atoms with Crippen LogP contribution in [-0.2, 0) is 17.4 Å². The number of carbonyl (C=O) groups is 1. The van der Waals surface area contributed by atoms with Gasteiger partial charge in [-0.3, -0.25) is 14.6 Å². The van der Waals surface area contributed by atoms with Gasteiger partial charge in [-0.15, -0.1) is 0 Å². The molecule has 0 aliphatic carbocycles. The van der Waals surface area contributed by atoms with Crippen LogP contribution in [0.5, 0.6) is 0 Å². The van der Waals surface area contributed by atoms with Crippen molar-refractivity contribution in [3.8, 4) is 0 Å². The highest BCUT2D eigenvalue weighted by Crippen LogP contribution is 2.30. The second-order valence-corrected chi connectivity index (χ2v) is 5.08. The summed E-state index contributed by atoms with van der Waals surface area (Å²) in [5.74, 6) is -0.619. The predicted octanol–water partition coefficient (Wildman–Crippen LogP) is 2.14. The molecule has 6 nitrogen and oxygen atoms in total. The molecule has 0 radical (unpaired) electrons. The molecule has 0 spiro atoms. The zero-order chi connectivity index (χ0) is 17.7. The van der Waals surface area contributed by atoms with Crippen LogP contribution < -0.4 is 11.0 Å². The largest absolute Gasteiger partial charge is 0.417 e. The predicted molar refractivity (Wildman–Crippen MR) is 83.1 cm³/mol. The Hall–Kier alpha value is -2.75. The summed E-state index contributed by atoms with van der Waals surface area (Å²) in [6, 6.07) is 5.98. The highest BCUT2D eigenvalue weighted by atomic mass is 32.1. The Morgan fingerprint density at radius 1 is 1.29 bits per heavy atom. The van der Waals surface area contributed by atoms with Crippen molar-refractivity contribution in [2.24, 2.45) is 5.10 Å². The average Bonchev–Trinajstić information content (AvgIpc) is 2.45. The number of rotatable bonds is 4. The van der Waals surface area contributed by atoms with Crippen molar-refractivity contribution in [1.82, 2.24) is 15.4 Å². The van der Waals surface area contributed by atoms with E-state index in [9.17, 15) is 22.8 Å². The van der Waals surface area contributed by atoms with Crippen molar-refractivity contribution in [2.75, 3.05) is 0 Å². The van der Waals surface area contributed by atoms with Crippen molar-refractivity contribution < 1.29 is 18.0 Å². The fourth-order valence-corrected chi connectivity index (χ4v) is 2.10. The van der Waals surface area contributed by atoms with Crippen LogP contribution in [0.3, 0.4) is 0 Å². The highest BCUT2D eigenvalue weighted by Gasteiger charge is 2.32. The van der Waals surface area contributed by atoms with Gasteiger partial charge in [0.05, 0.1) is 18.2 Å². The third-order valence-corrected chi connectivity index (χ3v) is 3.03. The number of alkyl halides is 3. The number of carbonyl (C=O) groups excluding carboxylic acids is 1. The first-order valence-electron chi connectivity index (χ1n) is 6.56. The normalized spacial score (nSPS) is 11.6. The number of nitrogens with zero attached hydrogens (tertiary/aromatic N) is 1. The molecule has 0 aliphatic heterocycles. The van der Waals surface area contributed by atoms with E-state index in [-0.39, 0.29) is 22.4 Å². The average molecular weight is 356 g/mol. The quantitative estimate of drug-likeness (QED) is 0.445. The molecule has 10 heteroatoms. The second-order valence-electron chi connectivity index (χ2n) is 4.67. The molecule has 0 atom stereocenters. The van der Waals surface area contributed by atoms with Gasteiger partial charge in [-0.25, -0.2) is 5.43 Å². The number of aromatic nitrogens is 2. The van der Waals surface area contributed by atoms with Gasteiger partial charge in [0, 0.05) is 17.3 Å². The molecule has 0 saturated heterocycles. The second kappa shape index (κ2) is 7.21. The monoisotopic (exact) mass is 356 g/mol. The van der Waals surface area contributed by atoms with Gasteiger partial charge in [-0.05, 0) is 18.3 Å². The molecule has 0 fully saturated rings. The fraction of sp³-hybridized carbons (Fsp3) is 0.143. The van der Waals surface area contributed by atoms with Gasteiger partial charge >= 0.3 is 6.18 Å². The molecule has 0 aliphatic rings. The van der Waals surface area contributed by atoms with E-state index in [2.05, 4.69) is 20.5 Å². The molecule has 1 aromatic heterocycles. The highest BCUT2D eigenvalue weighted by molar-refractivity contribution is 7.71. The molecule has 1 amide bonds. The molecule has 3 N–H and O–H groups in total. The Labute approximate surface area is 138 Å². The van der Waals surface area contributed by atoms with Crippen LogP contribution in [0, 0.1) is 4.77 Å². The van der Waals surface area contributed by atoms with Crippen LogP contribution in [0.15, 0.2) is 40.2 Å². The fourth-order valence-electron chi connectivity index (χ4n) is 1.87. The van der Waals surface area contributed by atoms with Crippen molar-refractivity contribution in [3.05, 3.63) is 62.3 Å². The smallest absolute Gasteiger partial charge is 0.335 e. The van der Waals surface area contributed by atoms with E-state index in [1.807, 2.05) is 0 Å². The number of amides is 1. The Morgan fingerprint density at radius 3 is 2.67 bits per heavy atom. The van der Waals surface area contributed by atoms with Gasteiger partial charge in [-0.1, -0.05) is 18.2 Å². The standard InChI is InChI=1S/C14H11F3N4O2S/c15-14(16,17)10-4-2-1-3-8(10)7-18-21-12(23)6-9-5-11(22)20-13(24)19-9/h1-5,7H,6H2,(H,21,23)(H2,19,20,22,24)/b18-7-. The van der Waals surface area contributed by atoms with Crippen LogP contribution in [0.4, 0.5) is 13.2 Å². The van der Waals surface area contributed by atoms with E-state index in [1.165, 1.54) is 18.2 Å². The lowest BCUT2D eigenvalue weighted by molar-refractivity contribution is -0.137. The lowest BCUT2D eigenvalue weighted by Gasteiger charge is -2.09. The molecule has 24 heavy (non-hydrogen) atoms. The van der Waals surface area contributed by atoms with E-state index in [1.54, 1.807) is 0 Å². The minimum absolute atomic E-state index is 0.0629. The molecule has 2 aromatic rings. The van der Waals surface area contributed by atoms with E-state index >= 15 is 0 Å². The van der Waals surface area contributed by atoms with Gasteiger partial charge in [0.1, 0.15) is 0 Å². The first-order valence-corrected chi connectivity index (χ1v) is 6.97. The summed E-state index contributed by atoms with van der Waals surface area (Å²) >= 11 is 4.76. The van der Waals surface area contributed by atoms with E-state index in [0.717, 1.165) is 18.3 Å². The van der Waals surface area contributed by atoms with E-state index in [0.29, 0.717) is 0 Å². The number of H-pyrrole nitrogens is 2. The maximum atomic E-state index is 12.8. The molecule has 2 rings (SSSR count). The lowest BCUT2D eigenvalue weighted by atomic mass is 10.1. The maximum Gasteiger partial charge on any atom is 0.417 e. The van der Waals surface area contributed by atoms with Crippen molar-refractivity contribution in [1.29, 1.82) is 0 Å². The van der Waals surface area contributed by atoms with Crippen LogP contribution in [0.2, 0.25) is 0 Å². The summed E-state index contributed by atoms with van der Waals surface area (Å²) in [4.78, 5) is 27.8. The topological polar surface area (TPSA) is 90.1 Å². The molecule has 0 unspecified atom stereocenters. The zero-order valence-electron chi connectivity index (χ0n) is 12.0. The van der Waals surface area contributed by atoms with Crippen LogP contribution in [0.1, 0.15) is 16.8 Å².